The first kappa shape index (κ1) is 25.8. The van der Waals surface area contributed by atoms with Gasteiger partial charge in [0.2, 0.25) is 0 Å². The largest absolute Gasteiger partial charge is 0.497 e. The number of hydrogen-bond donors (Lipinski definition) is 1. The molecule has 2 aromatic carbocycles. The Morgan fingerprint density at radius 3 is 2.47 bits per heavy atom. The Morgan fingerprint density at radius 1 is 1.00 bits per heavy atom. The molecule has 0 amide bonds. The molecule has 0 fully saturated rings. The Hall–Kier alpha value is -3.25. The van der Waals surface area contributed by atoms with Crippen LogP contribution in [0.4, 0.5) is 5.82 Å². The highest BCUT2D eigenvalue weighted by Gasteiger charge is 2.19. The number of nitrogens with zero attached hydrogens (tertiary/aromatic N) is 2. The maximum absolute atomic E-state index is 12.8. The van der Waals surface area contributed by atoms with E-state index in [0.717, 1.165) is 46.0 Å². The van der Waals surface area contributed by atoms with E-state index in [-0.39, 0.29) is 0 Å². The Bertz CT molecular complexity index is 1460. The number of pyridine rings is 2. The average molecular weight is 506 g/mol. The molecule has 4 rings (SSSR count). The molecular formula is C28H32N3O4P. The minimum Gasteiger partial charge on any atom is -0.497 e. The first-order valence-corrected chi connectivity index (χ1v) is 13.7. The second kappa shape index (κ2) is 11.2. The summed E-state index contributed by atoms with van der Waals surface area (Å²) in [6.07, 6.45) is 5.36. The zero-order chi connectivity index (χ0) is 25.7. The van der Waals surface area contributed by atoms with Gasteiger partial charge in [0.1, 0.15) is 11.3 Å². The molecule has 0 unspecified atom stereocenters. The molecule has 8 heteroatoms. The molecule has 188 valence electrons. The Kier molecular flexibility index (Phi) is 8.04. The van der Waals surface area contributed by atoms with Crippen molar-refractivity contribution in [2.45, 2.75) is 33.6 Å². The molecule has 0 aliphatic heterocycles. The molecule has 4 aromatic rings. The quantitative estimate of drug-likeness (QED) is 0.189. The Labute approximate surface area is 211 Å². The van der Waals surface area contributed by atoms with Crippen LogP contribution in [0.1, 0.15) is 36.1 Å². The second-order valence-corrected chi connectivity index (χ2v) is 10.4. The zero-order valence-corrected chi connectivity index (χ0v) is 22.0. The molecule has 2 heterocycles. The van der Waals surface area contributed by atoms with Crippen molar-refractivity contribution in [1.82, 2.24) is 9.97 Å². The molecule has 0 spiro atoms. The molecule has 2 N–H and O–H groups in total. The number of ether oxygens (including phenoxy) is 1. The maximum atomic E-state index is 12.8. The lowest BCUT2D eigenvalue weighted by atomic mass is 9.99. The molecular weight excluding hydrogens is 473 g/mol. The normalized spacial score (nSPS) is 12.1. The molecule has 0 aliphatic carbocycles. The number of hydrogen-bond acceptors (Lipinski definition) is 7. The van der Waals surface area contributed by atoms with Gasteiger partial charge in [-0.25, -0.2) is 4.98 Å². The number of aryl methyl sites for hydroxylation is 3. The molecule has 7 nitrogen and oxygen atoms in total. The van der Waals surface area contributed by atoms with Gasteiger partial charge in [-0.05, 0) is 86.2 Å². The van der Waals surface area contributed by atoms with Crippen LogP contribution >= 0.6 is 7.60 Å². The first-order valence-electron chi connectivity index (χ1n) is 12.0. The summed E-state index contributed by atoms with van der Waals surface area (Å²) in [4.78, 5) is 9.20. The van der Waals surface area contributed by atoms with Crippen LogP contribution in [0.15, 0.2) is 54.5 Å². The third kappa shape index (κ3) is 5.76. The molecule has 0 radical (unpaired) electrons. The maximum Gasteiger partial charge on any atom is 0.354 e. The van der Waals surface area contributed by atoms with Crippen molar-refractivity contribution in [2.75, 3.05) is 26.1 Å². The number of methoxy groups -OCH3 is 1. The summed E-state index contributed by atoms with van der Waals surface area (Å²) in [6.45, 7) is 6.28. The van der Waals surface area contributed by atoms with Gasteiger partial charge in [-0.2, -0.15) is 0 Å². The van der Waals surface area contributed by atoms with Crippen molar-refractivity contribution in [3.05, 3.63) is 76.7 Å². The van der Waals surface area contributed by atoms with E-state index >= 15 is 0 Å². The van der Waals surface area contributed by atoms with Crippen molar-refractivity contribution in [3.63, 3.8) is 0 Å². The van der Waals surface area contributed by atoms with Crippen LogP contribution in [-0.2, 0) is 26.5 Å². The summed E-state index contributed by atoms with van der Waals surface area (Å²) in [5, 5.41) is 1.93. The Balaban J connectivity index is 1.64. The lowest BCUT2D eigenvalue weighted by Crippen LogP contribution is -1.99. The van der Waals surface area contributed by atoms with E-state index in [0.29, 0.717) is 24.5 Å². The van der Waals surface area contributed by atoms with E-state index in [9.17, 15) is 4.57 Å². The fourth-order valence-corrected chi connectivity index (χ4v) is 5.55. The first-order chi connectivity index (χ1) is 17.4. The molecule has 0 aliphatic rings. The highest BCUT2D eigenvalue weighted by molar-refractivity contribution is 7.57. The van der Waals surface area contributed by atoms with Gasteiger partial charge in [0.15, 0.2) is 5.82 Å². The molecule has 0 saturated carbocycles. The molecule has 0 atom stereocenters. The van der Waals surface area contributed by atoms with Crippen molar-refractivity contribution in [2.24, 2.45) is 0 Å². The van der Waals surface area contributed by atoms with E-state index in [1.54, 1.807) is 27.0 Å². The fraction of sp³-hybridized carbons (Fsp3) is 0.286. The summed E-state index contributed by atoms with van der Waals surface area (Å²) in [7, 11) is -1.60. The van der Waals surface area contributed by atoms with Crippen LogP contribution in [0.5, 0.6) is 5.75 Å². The number of nitrogens with two attached hydrogens (primary N) is 1. The summed E-state index contributed by atoms with van der Waals surface area (Å²) >= 11 is 0. The van der Waals surface area contributed by atoms with Crippen molar-refractivity contribution < 1.29 is 18.3 Å². The number of fused-ring (bicyclic) bond motifs is 3. The number of nitrogen functional groups attached to an aromatic ring is 1. The van der Waals surface area contributed by atoms with E-state index < -0.39 is 7.60 Å². The van der Waals surface area contributed by atoms with Gasteiger partial charge in [-0.3, -0.25) is 9.55 Å². The van der Waals surface area contributed by atoms with E-state index in [4.69, 9.17) is 19.5 Å². The van der Waals surface area contributed by atoms with Crippen LogP contribution in [0.3, 0.4) is 0 Å². The molecule has 36 heavy (non-hydrogen) atoms. The summed E-state index contributed by atoms with van der Waals surface area (Å²) in [5.74, 6) is 2.74. The smallest absolute Gasteiger partial charge is 0.354 e. The van der Waals surface area contributed by atoms with Gasteiger partial charge in [-0.15, -0.1) is 0 Å². The monoisotopic (exact) mass is 505 g/mol. The lowest BCUT2D eigenvalue weighted by molar-refractivity contribution is 0.229. The molecule has 2 aromatic heterocycles. The standard InChI is InChI=1S/C28H32N3O4P/c1-5-34-36(32,35-6-2)14-13-20-8-12-24-25-16-21(18-30-27(25)28(29)31-26(24)17-20)7-9-22-10-11-23(33-4)15-19(22)3/h8,10-18H,5-7,9H2,1-4H3,(H2,29,31). The van der Waals surface area contributed by atoms with E-state index in [1.807, 2.05) is 30.5 Å². The second-order valence-electron chi connectivity index (χ2n) is 8.50. The predicted molar refractivity (Wildman–Crippen MR) is 146 cm³/mol. The SMILES string of the molecule is CCOP(=O)(C=Cc1ccc2c(c1)nc(N)c1ncc(CCc3ccc(OC)cc3C)cc12)OCC. The third-order valence-corrected chi connectivity index (χ3v) is 7.79. The number of rotatable bonds is 10. The van der Waals surface area contributed by atoms with Gasteiger partial charge in [-0.1, -0.05) is 18.2 Å². The van der Waals surface area contributed by atoms with Crippen LogP contribution < -0.4 is 10.5 Å². The summed E-state index contributed by atoms with van der Waals surface area (Å²) in [5.41, 5.74) is 12.1. The van der Waals surface area contributed by atoms with Gasteiger partial charge in [0, 0.05) is 22.8 Å². The van der Waals surface area contributed by atoms with Gasteiger partial charge in [0.05, 0.1) is 25.8 Å². The van der Waals surface area contributed by atoms with Crippen LogP contribution in [0, 0.1) is 6.92 Å². The van der Waals surface area contributed by atoms with Crippen LogP contribution in [0.25, 0.3) is 27.9 Å². The van der Waals surface area contributed by atoms with Crippen molar-refractivity contribution >= 4 is 41.3 Å². The number of benzene rings is 2. The van der Waals surface area contributed by atoms with Crippen LogP contribution in [-0.4, -0.2) is 30.3 Å². The van der Waals surface area contributed by atoms with Crippen molar-refractivity contribution in [1.29, 1.82) is 0 Å². The van der Waals surface area contributed by atoms with E-state index in [2.05, 4.69) is 35.1 Å². The number of anilines is 1. The minimum absolute atomic E-state index is 0.302. The van der Waals surface area contributed by atoms with Gasteiger partial charge < -0.3 is 19.5 Å². The minimum atomic E-state index is -3.28. The summed E-state index contributed by atoms with van der Waals surface area (Å²) in [6, 6.07) is 14.2. The Morgan fingerprint density at radius 2 is 1.78 bits per heavy atom. The summed E-state index contributed by atoms with van der Waals surface area (Å²) < 4.78 is 28.7. The lowest BCUT2D eigenvalue weighted by Gasteiger charge is -2.12. The van der Waals surface area contributed by atoms with Crippen molar-refractivity contribution in [3.8, 4) is 5.75 Å². The topological polar surface area (TPSA) is 96.6 Å². The van der Waals surface area contributed by atoms with Gasteiger partial charge in [0.25, 0.3) is 0 Å². The highest BCUT2D eigenvalue weighted by Crippen LogP contribution is 2.50. The fourth-order valence-electron chi connectivity index (χ4n) is 4.22. The predicted octanol–water partition coefficient (Wildman–Crippen LogP) is 6.70. The zero-order valence-electron chi connectivity index (χ0n) is 21.2. The average Bonchev–Trinajstić information content (AvgIpc) is 2.87. The number of aromatic nitrogens is 2. The van der Waals surface area contributed by atoms with Gasteiger partial charge >= 0.3 is 7.60 Å². The third-order valence-electron chi connectivity index (χ3n) is 6.04. The highest BCUT2D eigenvalue weighted by atomic mass is 31.2. The van der Waals surface area contributed by atoms with Crippen LogP contribution in [0.2, 0.25) is 0 Å². The molecule has 0 saturated heterocycles. The van der Waals surface area contributed by atoms with E-state index in [1.165, 1.54) is 16.9 Å². The molecule has 0 bridgehead atoms.